The molecule has 4 nitrogen and oxygen atoms in total. The minimum Gasteiger partial charge on any atom is -0.480 e. The van der Waals surface area contributed by atoms with E-state index in [0.717, 1.165) is 19.4 Å². The first kappa shape index (κ1) is 11.5. The topological polar surface area (TPSA) is 60.8 Å². The average molecular weight is 201 g/mol. The molecule has 2 unspecified atom stereocenters. The van der Waals surface area contributed by atoms with Gasteiger partial charge in [0.2, 0.25) is 0 Å². The Morgan fingerprint density at radius 3 is 2.86 bits per heavy atom. The van der Waals surface area contributed by atoms with Crippen LogP contribution in [0, 0.1) is 5.92 Å². The van der Waals surface area contributed by atoms with Gasteiger partial charge < -0.3 is 10.2 Å². The number of carboxylic acids is 1. The van der Waals surface area contributed by atoms with Crippen molar-refractivity contribution in [2.24, 2.45) is 5.92 Å². The third-order valence-corrected chi connectivity index (χ3v) is 2.86. The molecule has 1 aliphatic heterocycles. The van der Waals surface area contributed by atoms with Gasteiger partial charge in [-0.15, -0.1) is 0 Å². The number of hydrogen-bond donors (Lipinski definition) is 2. The molecule has 2 N–H and O–H groups in total. The first-order chi connectivity index (χ1) is 6.65. The van der Waals surface area contributed by atoms with Crippen LogP contribution in [0.3, 0.4) is 0 Å². The van der Waals surface area contributed by atoms with Gasteiger partial charge in [0.15, 0.2) is 0 Å². The largest absolute Gasteiger partial charge is 0.480 e. The van der Waals surface area contributed by atoms with E-state index in [-0.39, 0.29) is 12.6 Å². The van der Waals surface area contributed by atoms with E-state index in [4.69, 9.17) is 10.2 Å². The van der Waals surface area contributed by atoms with Crippen molar-refractivity contribution >= 4 is 5.97 Å². The molecule has 0 aromatic carbocycles. The molecule has 1 aliphatic rings. The van der Waals surface area contributed by atoms with Crippen molar-refractivity contribution in [2.75, 3.05) is 19.7 Å². The molecule has 82 valence electrons. The summed E-state index contributed by atoms with van der Waals surface area (Å²) in [4.78, 5) is 12.9. The molecule has 0 amide bonds. The molecule has 0 radical (unpaired) electrons. The maximum absolute atomic E-state index is 11.0. The van der Waals surface area contributed by atoms with Crippen molar-refractivity contribution in [3.8, 4) is 0 Å². The predicted octanol–water partition coefficient (Wildman–Crippen LogP) is 0.554. The lowest BCUT2D eigenvalue weighted by molar-refractivity contribution is -0.145. The van der Waals surface area contributed by atoms with Gasteiger partial charge in [0.1, 0.15) is 6.04 Å². The molecule has 1 rings (SSSR count). The number of carbonyl (C=O) groups is 1. The fourth-order valence-electron chi connectivity index (χ4n) is 1.99. The Labute approximate surface area is 84.5 Å². The molecule has 1 heterocycles. The fraction of sp³-hybridized carbons (Fsp3) is 0.900. The summed E-state index contributed by atoms with van der Waals surface area (Å²) in [6.07, 6.45) is 2.47. The Balaban J connectivity index is 2.49. The Hall–Kier alpha value is -0.610. The van der Waals surface area contributed by atoms with Crippen LogP contribution in [-0.4, -0.2) is 46.8 Å². The molecule has 0 saturated carbocycles. The number of nitrogens with zero attached hydrogens (tertiary/aromatic N) is 1. The second-order valence-corrected chi connectivity index (χ2v) is 4.10. The fourth-order valence-corrected chi connectivity index (χ4v) is 1.99. The standard InChI is InChI=1S/C10H19NO3/c1-8-3-5-11(4-2-6-12)9(7-8)10(13)14/h8-9,12H,2-7H2,1H3,(H,13,14). The number of likely N-dealkylation sites (tertiary alicyclic amines) is 1. The van der Waals surface area contributed by atoms with Crippen molar-refractivity contribution in [3.05, 3.63) is 0 Å². The van der Waals surface area contributed by atoms with Crippen LogP contribution in [0.25, 0.3) is 0 Å². The highest BCUT2D eigenvalue weighted by Gasteiger charge is 2.30. The van der Waals surface area contributed by atoms with Crippen LogP contribution in [0.2, 0.25) is 0 Å². The maximum Gasteiger partial charge on any atom is 0.320 e. The first-order valence-electron chi connectivity index (χ1n) is 5.23. The Morgan fingerprint density at radius 1 is 1.57 bits per heavy atom. The lowest BCUT2D eigenvalue weighted by Crippen LogP contribution is -2.47. The number of piperidine rings is 1. The maximum atomic E-state index is 11.0. The van der Waals surface area contributed by atoms with Gasteiger partial charge in [-0.3, -0.25) is 9.69 Å². The average Bonchev–Trinajstić information content (AvgIpc) is 2.15. The molecule has 1 fully saturated rings. The van der Waals surface area contributed by atoms with Gasteiger partial charge in [-0.2, -0.15) is 0 Å². The van der Waals surface area contributed by atoms with Crippen LogP contribution in [0.4, 0.5) is 0 Å². The van der Waals surface area contributed by atoms with Gasteiger partial charge in [-0.1, -0.05) is 6.92 Å². The minimum absolute atomic E-state index is 0.137. The number of rotatable bonds is 4. The normalized spacial score (nSPS) is 29.0. The summed E-state index contributed by atoms with van der Waals surface area (Å²) in [5.74, 6) is -0.226. The summed E-state index contributed by atoms with van der Waals surface area (Å²) in [5.41, 5.74) is 0. The van der Waals surface area contributed by atoms with Crippen LogP contribution in [0.15, 0.2) is 0 Å². The van der Waals surface area contributed by atoms with Crippen molar-refractivity contribution < 1.29 is 15.0 Å². The zero-order valence-corrected chi connectivity index (χ0v) is 8.65. The molecular formula is C10H19NO3. The van der Waals surface area contributed by atoms with E-state index in [1.807, 2.05) is 4.90 Å². The minimum atomic E-state index is -0.727. The molecule has 0 aromatic rings. The van der Waals surface area contributed by atoms with Crippen LogP contribution >= 0.6 is 0 Å². The van der Waals surface area contributed by atoms with E-state index >= 15 is 0 Å². The number of hydrogen-bond acceptors (Lipinski definition) is 3. The van der Waals surface area contributed by atoms with E-state index in [1.165, 1.54) is 0 Å². The summed E-state index contributed by atoms with van der Waals surface area (Å²) in [7, 11) is 0. The Kier molecular flexibility index (Phi) is 4.35. The zero-order valence-electron chi connectivity index (χ0n) is 8.65. The molecule has 0 aliphatic carbocycles. The van der Waals surface area contributed by atoms with Gasteiger partial charge in [0.05, 0.1) is 0 Å². The monoisotopic (exact) mass is 201 g/mol. The number of aliphatic hydroxyl groups excluding tert-OH is 1. The highest BCUT2D eigenvalue weighted by molar-refractivity contribution is 5.73. The van der Waals surface area contributed by atoms with Crippen LogP contribution in [0.1, 0.15) is 26.2 Å². The third-order valence-electron chi connectivity index (χ3n) is 2.86. The molecule has 1 saturated heterocycles. The number of aliphatic hydroxyl groups is 1. The van der Waals surface area contributed by atoms with Gasteiger partial charge in [0.25, 0.3) is 0 Å². The molecule has 2 atom stereocenters. The third kappa shape index (κ3) is 2.96. The highest BCUT2D eigenvalue weighted by atomic mass is 16.4. The smallest absolute Gasteiger partial charge is 0.320 e. The number of aliphatic carboxylic acids is 1. The summed E-state index contributed by atoms with van der Waals surface area (Å²) in [6, 6.07) is -0.342. The Bertz CT molecular complexity index is 194. The predicted molar refractivity (Wildman–Crippen MR) is 53.1 cm³/mol. The second kappa shape index (κ2) is 5.32. The van der Waals surface area contributed by atoms with Crippen LogP contribution in [-0.2, 0) is 4.79 Å². The zero-order chi connectivity index (χ0) is 10.6. The van der Waals surface area contributed by atoms with Crippen molar-refractivity contribution in [1.29, 1.82) is 0 Å². The molecule has 0 aromatic heterocycles. The summed E-state index contributed by atoms with van der Waals surface area (Å²) in [6.45, 7) is 3.77. The van der Waals surface area contributed by atoms with Gasteiger partial charge >= 0.3 is 5.97 Å². The van der Waals surface area contributed by atoms with Crippen molar-refractivity contribution in [2.45, 2.75) is 32.2 Å². The SMILES string of the molecule is CC1CCN(CCCO)C(C(=O)O)C1. The highest BCUT2D eigenvalue weighted by Crippen LogP contribution is 2.22. The van der Waals surface area contributed by atoms with E-state index in [9.17, 15) is 4.79 Å². The summed E-state index contributed by atoms with van der Waals surface area (Å²) >= 11 is 0. The van der Waals surface area contributed by atoms with E-state index in [2.05, 4.69) is 6.92 Å². The van der Waals surface area contributed by atoms with Crippen LogP contribution in [0.5, 0.6) is 0 Å². The molecule has 14 heavy (non-hydrogen) atoms. The first-order valence-corrected chi connectivity index (χ1v) is 5.23. The van der Waals surface area contributed by atoms with Crippen molar-refractivity contribution in [3.63, 3.8) is 0 Å². The summed E-state index contributed by atoms with van der Waals surface area (Å²) in [5, 5.41) is 17.7. The molecule has 4 heteroatoms. The van der Waals surface area contributed by atoms with Gasteiger partial charge in [-0.05, 0) is 31.7 Å². The molecule has 0 spiro atoms. The molecular weight excluding hydrogens is 182 g/mol. The van der Waals surface area contributed by atoms with Crippen LogP contribution < -0.4 is 0 Å². The van der Waals surface area contributed by atoms with Gasteiger partial charge in [0, 0.05) is 13.2 Å². The lowest BCUT2D eigenvalue weighted by atomic mass is 9.92. The quantitative estimate of drug-likeness (QED) is 0.697. The Morgan fingerprint density at radius 2 is 2.29 bits per heavy atom. The van der Waals surface area contributed by atoms with E-state index < -0.39 is 5.97 Å². The number of carboxylic acid groups (broad SMARTS) is 1. The van der Waals surface area contributed by atoms with Crippen molar-refractivity contribution in [1.82, 2.24) is 4.90 Å². The van der Waals surface area contributed by atoms with Gasteiger partial charge in [-0.25, -0.2) is 0 Å². The van der Waals surface area contributed by atoms with E-state index in [0.29, 0.717) is 18.9 Å². The lowest BCUT2D eigenvalue weighted by Gasteiger charge is -2.35. The summed E-state index contributed by atoms with van der Waals surface area (Å²) < 4.78 is 0. The van der Waals surface area contributed by atoms with E-state index in [1.54, 1.807) is 0 Å². The second-order valence-electron chi connectivity index (χ2n) is 4.10. The molecule has 0 bridgehead atoms.